The standard InChI is InChI=1S/C8H8BrN5O3/c9-5-1-4(3-12-13-8(10)11)7(15)6(2-5)14(16)17/h1-3,15H,(H4,10,11,13). The minimum Gasteiger partial charge on any atom is -0.502 e. The summed E-state index contributed by atoms with van der Waals surface area (Å²) in [4.78, 5) is 9.91. The van der Waals surface area contributed by atoms with Crippen molar-refractivity contribution in [1.29, 1.82) is 0 Å². The Balaban J connectivity index is 3.21. The van der Waals surface area contributed by atoms with Gasteiger partial charge in [0, 0.05) is 16.1 Å². The van der Waals surface area contributed by atoms with Gasteiger partial charge in [-0.15, -0.1) is 5.10 Å². The van der Waals surface area contributed by atoms with Crippen molar-refractivity contribution >= 4 is 33.8 Å². The molecule has 9 heteroatoms. The Morgan fingerprint density at radius 3 is 2.71 bits per heavy atom. The van der Waals surface area contributed by atoms with Crippen LogP contribution in [-0.4, -0.2) is 22.2 Å². The van der Waals surface area contributed by atoms with Crippen LogP contribution in [0.4, 0.5) is 5.69 Å². The second-order valence-electron chi connectivity index (χ2n) is 2.89. The maximum Gasteiger partial charge on any atom is 0.312 e. The Morgan fingerprint density at radius 1 is 1.53 bits per heavy atom. The zero-order chi connectivity index (χ0) is 13.0. The van der Waals surface area contributed by atoms with Crippen molar-refractivity contribution in [3.63, 3.8) is 0 Å². The van der Waals surface area contributed by atoms with Crippen LogP contribution in [0.1, 0.15) is 5.56 Å². The molecule has 8 nitrogen and oxygen atoms in total. The second kappa shape index (κ2) is 5.25. The van der Waals surface area contributed by atoms with Crippen LogP contribution in [-0.2, 0) is 0 Å². The highest BCUT2D eigenvalue weighted by molar-refractivity contribution is 9.10. The van der Waals surface area contributed by atoms with Gasteiger partial charge in [-0.25, -0.2) is 0 Å². The van der Waals surface area contributed by atoms with Crippen molar-refractivity contribution in [1.82, 2.24) is 0 Å². The molecule has 0 aliphatic heterocycles. The second-order valence-corrected chi connectivity index (χ2v) is 3.80. The number of nitro groups is 1. The Kier molecular flexibility index (Phi) is 3.99. The van der Waals surface area contributed by atoms with E-state index < -0.39 is 16.4 Å². The number of halogens is 1. The Morgan fingerprint density at radius 2 is 2.18 bits per heavy atom. The van der Waals surface area contributed by atoms with Gasteiger partial charge in [0.2, 0.25) is 11.7 Å². The number of nitro benzene ring substituents is 1. The van der Waals surface area contributed by atoms with Gasteiger partial charge in [0.1, 0.15) is 0 Å². The molecule has 0 aliphatic rings. The summed E-state index contributed by atoms with van der Waals surface area (Å²) < 4.78 is 0.424. The fourth-order valence-electron chi connectivity index (χ4n) is 1.00. The fourth-order valence-corrected chi connectivity index (χ4v) is 1.46. The highest BCUT2D eigenvalue weighted by atomic mass is 79.9. The van der Waals surface area contributed by atoms with Crippen molar-refractivity contribution in [2.75, 3.05) is 0 Å². The van der Waals surface area contributed by atoms with Gasteiger partial charge in [-0.3, -0.25) is 10.1 Å². The lowest BCUT2D eigenvalue weighted by atomic mass is 10.2. The number of benzene rings is 1. The molecule has 0 bridgehead atoms. The van der Waals surface area contributed by atoms with Gasteiger partial charge in [-0.05, 0) is 6.07 Å². The van der Waals surface area contributed by atoms with Crippen LogP contribution >= 0.6 is 15.9 Å². The predicted molar refractivity (Wildman–Crippen MR) is 65.9 cm³/mol. The van der Waals surface area contributed by atoms with Crippen molar-refractivity contribution in [3.05, 3.63) is 32.3 Å². The van der Waals surface area contributed by atoms with E-state index in [9.17, 15) is 15.2 Å². The number of hydrogen-bond acceptors (Lipinski definition) is 5. The number of rotatable bonds is 3. The first-order valence-corrected chi connectivity index (χ1v) is 5.00. The van der Waals surface area contributed by atoms with Gasteiger partial charge in [0.05, 0.1) is 11.1 Å². The molecule has 17 heavy (non-hydrogen) atoms. The van der Waals surface area contributed by atoms with E-state index in [4.69, 9.17) is 11.5 Å². The molecule has 0 unspecified atom stereocenters. The van der Waals surface area contributed by atoms with Gasteiger partial charge in [-0.1, -0.05) is 15.9 Å². The Labute approximate surface area is 104 Å². The summed E-state index contributed by atoms with van der Waals surface area (Å²) in [6.45, 7) is 0. The quantitative estimate of drug-likeness (QED) is 0.326. The zero-order valence-electron chi connectivity index (χ0n) is 8.37. The molecule has 1 aromatic rings. The minimum absolute atomic E-state index is 0.121. The van der Waals surface area contributed by atoms with Crippen LogP contribution in [0.2, 0.25) is 0 Å². The first kappa shape index (κ1) is 12.9. The van der Waals surface area contributed by atoms with Crippen molar-refractivity contribution in [2.45, 2.75) is 0 Å². The molecule has 0 atom stereocenters. The summed E-state index contributed by atoms with van der Waals surface area (Å²) in [5, 5.41) is 27.0. The third-order valence-electron chi connectivity index (χ3n) is 1.65. The van der Waals surface area contributed by atoms with E-state index in [0.29, 0.717) is 4.47 Å². The van der Waals surface area contributed by atoms with E-state index >= 15 is 0 Å². The topological polar surface area (TPSA) is 140 Å². The van der Waals surface area contributed by atoms with Crippen LogP contribution in [0.15, 0.2) is 26.8 Å². The molecule has 5 N–H and O–H groups in total. The highest BCUT2D eigenvalue weighted by Gasteiger charge is 2.17. The molecule has 0 aromatic heterocycles. The number of phenolic OH excluding ortho intramolecular Hbond substituents is 1. The van der Waals surface area contributed by atoms with Crippen LogP contribution in [0.3, 0.4) is 0 Å². The van der Waals surface area contributed by atoms with Crippen LogP contribution < -0.4 is 11.5 Å². The average Bonchev–Trinajstić information content (AvgIpc) is 2.21. The lowest BCUT2D eigenvalue weighted by Gasteiger charge is -2.00. The monoisotopic (exact) mass is 301 g/mol. The number of nitrogens with zero attached hydrogens (tertiary/aromatic N) is 3. The average molecular weight is 302 g/mol. The molecule has 0 aliphatic carbocycles. The van der Waals surface area contributed by atoms with Crippen LogP contribution in [0.5, 0.6) is 5.75 Å². The molecule has 0 amide bonds. The maximum absolute atomic E-state index is 10.6. The van der Waals surface area contributed by atoms with Gasteiger partial charge < -0.3 is 16.6 Å². The normalized spacial score (nSPS) is 10.4. The summed E-state index contributed by atoms with van der Waals surface area (Å²) >= 11 is 3.07. The van der Waals surface area contributed by atoms with Crippen LogP contribution in [0, 0.1) is 10.1 Å². The molecule has 90 valence electrons. The van der Waals surface area contributed by atoms with Crippen molar-refractivity contribution < 1.29 is 10.0 Å². The highest BCUT2D eigenvalue weighted by Crippen LogP contribution is 2.32. The number of nitrogens with two attached hydrogens (primary N) is 2. The summed E-state index contributed by atoms with van der Waals surface area (Å²) in [6, 6.07) is 2.61. The fraction of sp³-hybridized carbons (Fsp3) is 0. The Hall–Kier alpha value is -2.16. The summed E-state index contributed by atoms with van der Waals surface area (Å²) in [6.07, 6.45) is 1.10. The lowest BCUT2D eigenvalue weighted by molar-refractivity contribution is -0.385. The predicted octanol–water partition coefficient (Wildman–Crippen LogP) is 0.670. The SMILES string of the molecule is NC(N)=NN=Cc1cc(Br)cc([N+](=O)[O-])c1O. The summed E-state index contributed by atoms with van der Waals surface area (Å²) in [7, 11) is 0. The smallest absolute Gasteiger partial charge is 0.312 e. The molecule has 1 rings (SSSR count). The third kappa shape index (κ3) is 3.41. The van der Waals surface area contributed by atoms with Gasteiger partial charge >= 0.3 is 5.69 Å². The Bertz CT molecular complexity index is 510. The molecule has 0 heterocycles. The molecule has 0 saturated heterocycles. The molecule has 0 fully saturated rings. The first-order valence-electron chi connectivity index (χ1n) is 4.20. The van der Waals surface area contributed by atoms with E-state index in [1.807, 2.05) is 0 Å². The van der Waals surface area contributed by atoms with Gasteiger partial charge in [0.15, 0.2) is 0 Å². The number of guanidine groups is 1. The third-order valence-corrected chi connectivity index (χ3v) is 2.11. The summed E-state index contributed by atoms with van der Waals surface area (Å²) in [5.41, 5.74) is 9.76. The molecule has 0 saturated carbocycles. The minimum atomic E-state index is -0.710. The van der Waals surface area contributed by atoms with Crippen LogP contribution in [0.25, 0.3) is 0 Å². The van der Waals surface area contributed by atoms with E-state index in [1.165, 1.54) is 12.1 Å². The van der Waals surface area contributed by atoms with Crippen molar-refractivity contribution in [3.8, 4) is 5.75 Å². The van der Waals surface area contributed by atoms with Crippen molar-refractivity contribution in [2.24, 2.45) is 21.7 Å². The lowest BCUT2D eigenvalue weighted by Crippen LogP contribution is -2.21. The van der Waals surface area contributed by atoms with Gasteiger partial charge in [0.25, 0.3) is 0 Å². The maximum atomic E-state index is 10.6. The molecule has 0 radical (unpaired) electrons. The first-order chi connectivity index (χ1) is 7.91. The molecular formula is C8H8BrN5O3. The zero-order valence-corrected chi connectivity index (χ0v) is 9.96. The number of phenols is 1. The number of aromatic hydroxyl groups is 1. The number of hydrogen-bond donors (Lipinski definition) is 3. The molecule has 1 aromatic carbocycles. The summed E-state index contributed by atoms with van der Waals surface area (Å²) in [5.74, 6) is -0.766. The van der Waals surface area contributed by atoms with E-state index in [0.717, 1.165) is 6.21 Å². The largest absolute Gasteiger partial charge is 0.502 e. The molecule has 0 spiro atoms. The van der Waals surface area contributed by atoms with Gasteiger partial charge in [-0.2, -0.15) is 5.10 Å². The van der Waals surface area contributed by atoms with E-state index in [-0.39, 0.29) is 11.5 Å². The van der Waals surface area contributed by atoms with E-state index in [2.05, 4.69) is 26.1 Å². The van der Waals surface area contributed by atoms with E-state index in [1.54, 1.807) is 0 Å². The molecular weight excluding hydrogens is 294 g/mol.